The minimum atomic E-state index is -0.285. The van der Waals surface area contributed by atoms with E-state index in [4.69, 9.17) is 11.6 Å². The van der Waals surface area contributed by atoms with E-state index in [0.717, 1.165) is 5.02 Å². The highest BCUT2D eigenvalue weighted by Crippen LogP contribution is 2.57. The summed E-state index contributed by atoms with van der Waals surface area (Å²) >= 11 is 5.89. The SMILES string of the molecule is C=C[C@@H]1[C@H](C(=O)C(C)(C)C)[C@H]1c1ccc(Cl)cc1. The third-order valence-electron chi connectivity index (χ3n) is 3.64. The Morgan fingerprint density at radius 2 is 1.83 bits per heavy atom. The van der Waals surface area contributed by atoms with Gasteiger partial charge < -0.3 is 0 Å². The molecule has 0 unspecified atom stereocenters. The van der Waals surface area contributed by atoms with E-state index in [1.165, 1.54) is 5.56 Å². The zero-order valence-corrected chi connectivity index (χ0v) is 11.9. The molecule has 0 aromatic heterocycles. The van der Waals surface area contributed by atoms with Crippen molar-refractivity contribution < 1.29 is 4.79 Å². The molecule has 0 radical (unpaired) electrons. The first-order chi connectivity index (χ1) is 8.36. The molecule has 1 aromatic rings. The van der Waals surface area contributed by atoms with Crippen molar-refractivity contribution >= 4 is 17.4 Å². The molecule has 0 aliphatic heterocycles. The van der Waals surface area contributed by atoms with Crippen molar-refractivity contribution in [3.8, 4) is 0 Å². The molecule has 1 saturated carbocycles. The number of Topliss-reactive ketones (excluding diaryl/α,β-unsaturated/α-hetero) is 1. The smallest absolute Gasteiger partial charge is 0.142 e. The van der Waals surface area contributed by atoms with Crippen molar-refractivity contribution in [3.63, 3.8) is 0 Å². The van der Waals surface area contributed by atoms with Crippen LogP contribution in [0.25, 0.3) is 0 Å². The molecule has 0 bridgehead atoms. The quantitative estimate of drug-likeness (QED) is 0.735. The molecule has 0 saturated heterocycles. The van der Waals surface area contributed by atoms with E-state index in [0.29, 0.717) is 5.78 Å². The highest BCUT2D eigenvalue weighted by molar-refractivity contribution is 6.30. The Bertz CT molecular complexity index is 467. The summed E-state index contributed by atoms with van der Waals surface area (Å²) in [7, 11) is 0. The molecule has 1 nitrogen and oxygen atoms in total. The van der Waals surface area contributed by atoms with Gasteiger partial charge in [-0.25, -0.2) is 0 Å². The molecule has 96 valence electrons. The van der Waals surface area contributed by atoms with Crippen molar-refractivity contribution in [1.82, 2.24) is 0 Å². The molecule has 3 atom stereocenters. The number of halogens is 1. The Balaban J connectivity index is 2.23. The van der Waals surface area contributed by atoms with E-state index in [9.17, 15) is 4.79 Å². The minimum absolute atomic E-state index is 0.0867. The number of allylic oxidation sites excluding steroid dienone is 1. The average molecular weight is 263 g/mol. The van der Waals surface area contributed by atoms with Crippen LogP contribution in [0.15, 0.2) is 36.9 Å². The van der Waals surface area contributed by atoms with Crippen molar-refractivity contribution in [2.75, 3.05) is 0 Å². The summed E-state index contributed by atoms with van der Waals surface area (Å²) in [6, 6.07) is 7.79. The monoisotopic (exact) mass is 262 g/mol. The van der Waals surface area contributed by atoms with Crippen LogP contribution in [0.3, 0.4) is 0 Å². The van der Waals surface area contributed by atoms with Gasteiger partial charge in [0.2, 0.25) is 0 Å². The van der Waals surface area contributed by atoms with Crippen LogP contribution in [0, 0.1) is 17.3 Å². The lowest BCUT2D eigenvalue weighted by atomic mass is 9.86. The average Bonchev–Trinajstić information content (AvgIpc) is 3.01. The Kier molecular flexibility index (Phi) is 3.37. The summed E-state index contributed by atoms with van der Waals surface area (Å²) in [5, 5.41) is 0.730. The predicted octanol–water partition coefficient (Wildman–Crippen LogP) is 4.47. The van der Waals surface area contributed by atoms with E-state index in [1.807, 2.05) is 51.1 Å². The number of benzene rings is 1. The van der Waals surface area contributed by atoms with E-state index in [1.54, 1.807) is 0 Å². The standard InChI is InChI=1S/C16H19ClO/c1-5-12-13(10-6-8-11(17)9-7-10)14(12)15(18)16(2,3)4/h5-9,12-14H,1H2,2-4H3/t12-,13-,14-/m0/s1. The maximum atomic E-state index is 12.4. The van der Waals surface area contributed by atoms with Gasteiger partial charge in [0.1, 0.15) is 5.78 Å². The summed E-state index contributed by atoms with van der Waals surface area (Å²) in [6.07, 6.45) is 1.91. The molecule has 0 spiro atoms. The van der Waals surface area contributed by atoms with Crippen LogP contribution in [-0.2, 0) is 4.79 Å². The summed E-state index contributed by atoms with van der Waals surface area (Å²) in [5.41, 5.74) is 0.902. The molecule has 1 aliphatic rings. The lowest BCUT2D eigenvalue weighted by Gasteiger charge is -2.16. The first-order valence-corrected chi connectivity index (χ1v) is 6.66. The molecule has 0 heterocycles. The molecular weight excluding hydrogens is 244 g/mol. The molecule has 1 aromatic carbocycles. The summed E-state index contributed by atoms with van der Waals surface area (Å²) in [4.78, 5) is 12.4. The fraction of sp³-hybridized carbons (Fsp3) is 0.438. The third kappa shape index (κ3) is 2.37. The zero-order chi connectivity index (χ0) is 13.5. The molecular formula is C16H19ClO. The van der Waals surface area contributed by atoms with Crippen molar-refractivity contribution in [3.05, 3.63) is 47.5 Å². The maximum absolute atomic E-state index is 12.4. The molecule has 2 rings (SSSR count). The van der Waals surface area contributed by atoms with Crippen LogP contribution in [-0.4, -0.2) is 5.78 Å². The van der Waals surface area contributed by atoms with Crippen LogP contribution < -0.4 is 0 Å². The zero-order valence-electron chi connectivity index (χ0n) is 11.1. The van der Waals surface area contributed by atoms with Gasteiger partial charge >= 0.3 is 0 Å². The first kappa shape index (κ1) is 13.4. The Hall–Kier alpha value is -1.08. The Morgan fingerprint density at radius 1 is 1.28 bits per heavy atom. The van der Waals surface area contributed by atoms with Gasteiger partial charge in [-0.3, -0.25) is 4.79 Å². The van der Waals surface area contributed by atoms with Crippen LogP contribution in [0.4, 0.5) is 0 Å². The highest BCUT2D eigenvalue weighted by Gasteiger charge is 2.55. The topological polar surface area (TPSA) is 17.1 Å². The highest BCUT2D eigenvalue weighted by atomic mass is 35.5. The van der Waals surface area contributed by atoms with Crippen LogP contribution >= 0.6 is 11.6 Å². The van der Waals surface area contributed by atoms with Crippen LogP contribution in [0.5, 0.6) is 0 Å². The lowest BCUT2D eigenvalue weighted by molar-refractivity contribution is -0.127. The number of rotatable bonds is 3. The van der Waals surface area contributed by atoms with Crippen molar-refractivity contribution in [2.45, 2.75) is 26.7 Å². The minimum Gasteiger partial charge on any atom is -0.299 e. The fourth-order valence-electron chi connectivity index (χ4n) is 2.58. The van der Waals surface area contributed by atoms with Crippen molar-refractivity contribution in [2.24, 2.45) is 17.3 Å². The normalized spacial score (nSPS) is 26.8. The number of carbonyl (C=O) groups is 1. The molecule has 1 fully saturated rings. The van der Waals surface area contributed by atoms with Gasteiger partial charge in [-0.1, -0.05) is 50.6 Å². The van der Waals surface area contributed by atoms with Crippen LogP contribution in [0.1, 0.15) is 32.3 Å². The largest absolute Gasteiger partial charge is 0.299 e. The van der Waals surface area contributed by atoms with Gasteiger partial charge in [0.25, 0.3) is 0 Å². The number of ketones is 1. The lowest BCUT2D eigenvalue weighted by Crippen LogP contribution is -2.22. The molecule has 1 aliphatic carbocycles. The predicted molar refractivity (Wildman–Crippen MR) is 75.8 cm³/mol. The Labute approximate surface area is 114 Å². The van der Waals surface area contributed by atoms with Gasteiger partial charge in [0.15, 0.2) is 0 Å². The van der Waals surface area contributed by atoms with Crippen LogP contribution in [0.2, 0.25) is 5.02 Å². The summed E-state index contributed by atoms with van der Waals surface area (Å²) in [5.74, 6) is 0.973. The second-order valence-corrected chi connectivity index (χ2v) is 6.47. The fourth-order valence-corrected chi connectivity index (χ4v) is 2.71. The van der Waals surface area contributed by atoms with Gasteiger partial charge in [-0.05, 0) is 23.6 Å². The molecule has 2 heteroatoms. The molecule has 0 N–H and O–H groups in total. The van der Waals surface area contributed by atoms with Gasteiger partial charge in [-0.2, -0.15) is 0 Å². The van der Waals surface area contributed by atoms with Gasteiger partial charge in [-0.15, -0.1) is 6.58 Å². The number of carbonyl (C=O) groups excluding carboxylic acids is 1. The second-order valence-electron chi connectivity index (χ2n) is 6.03. The molecule has 0 amide bonds. The number of hydrogen-bond acceptors (Lipinski definition) is 1. The van der Waals surface area contributed by atoms with Gasteiger partial charge in [0.05, 0.1) is 0 Å². The second kappa shape index (κ2) is 4.55. The summed E-state index contributed by atoms with van der Waals surface area (Å²) in [6.45, 7) is 9.79. The van der Waals surface area contributed by atoms with E-state index in [-0.39, 0.29) is 23.2 Å². The van der Waals surface area contributed by atoms with Gasteiger partial charge in [0, 0.05) is 22.3 Å². The van der Waals surface area contributed by atoms with E-state index < -0.39 is 0 Å². The third-order valence-corrected chi connectivity index (χ3v) is 3.90. The van der Waals surface area contributed by atoms with Crippen molar-refractivity contribution in [1.29, 1.82) is 0 Å². The number of hydrogen-bond donors (Lipinski definition) is 0. The van der Waals surface area contributed by atoms with E-state index in [2.05, 4.69) is 6.58 Å². The summed E-state index contributed by atoms with van der Waals surface area (Å²) < 4.78 is 0. The Morgan fingerprint density at radius 3 is 2.28 bits per heavy atom. The maximum Gasteiger partial charge on any atom is 0.142 e. The van der Waals surface area contributed by atoms with E-state index >= 15 is 0 Å². The first-order valence-electron chi connectivity index (χ1n) is 6.28. The molecule has 18 heavy (non-hydrogen) atoms.